The lowest BCUT2D eigenvalue weighted by molar-refractivity contribution is -0.138. The second kappa shape index (κ2) is 5.36. The Hall–Kier alpha value is -1.09. The average molecular weight is 290 g/mol. The Morgan fingerprint density at radius 2 is 1.50 bits per heavy atom. The van der Waals surface area contributed by atoms with Gasteiger partial charge in [-0.3, -0.25) is 9.59 Å². The average Bonchev–Trinajstić information content (AvgIpc) is 2.33. The van der Waals surface area contributed by atoms with Crippen LogP contribution in [-0.2, 0) is 9.59 Å². The largest absolute Gasteiger partial charge is 0.298 e. The van der Waals surface area contributed by atoms with Gasteiger partial charge in [-0.15, -0.1) is 11.8 Å². The second-order valence-corrected chi connectivity index (χ2v) is 7.99. The summed E-state index contributed by atoms with van der Waals surface area (Å²) in [5.74, 6) is 0.175. The highest BCUT2D eigenvalue weighted by molar-refractivity contribution is 8.02. The molecule has 1 aliphatic rings. The SMILES string of the molecule is CC(C)C1(Sc2ccccc2)C(=O)CC(C)(C)CC1=O. The van der Waals surface area contributed by atoms with Gasteiger partial charge >= 0.3 is 0 Å². The van der Waals surface area contributed by atoms with Crippen molar-refractivity contribution >= 4 is 23.3 Å². The number of thioether (sulfide) groups is 1. The number of carbonyl (C=O) groups is 2. The molecule has 0 atom stereocenters. The van der Waals surface area contributed by atoms with Crippen molar-refractivity contribution in [1.29, 1.82) is 0 Å². The molecule has 0 aromatic heterocycles. The number of ketones is 2. The van der Waals surface area contributed by atoms with E-state index in [1.165, 1.54) is 11.8 Å². The van der Waals surface area contributed by atoms with Gasteiger partial charge in [0.15, 0.2) is 11.6 Å². The van der Waals surface area contributed by atoms with E-state index < -0.39 is 4.75 Å². The van der Waals surface area contributed by atoms with Crippen LogP contribution >= 0.6 is 11.8 Å². The third kappa shape index (κ3) is 2.69. The van der Waals surface area contributed by atoms with E-state index in [1.807, 2.05) is 58.0 Å². The van der Waals surface area contributed by atoms with Crippen molar-refractivity contribution in [1.82, 2.24) is 0 Å². The highest BCUT2D eigenvalue weighted by atomic mass is 32.2. The van der Waals surface area contributed by atoms with Gasteiger partial charge < -0.3 is 0 Å². The molecule has 0 aliphatic heterocycles. The van der Waals surface area contributed by atoms with E-state index >= 15 is 0 Å². The van der Waals surface area contributed by atoms with E-state index in [4.69, 9.17) is 0 Å². The maximum absolute atomic E-state index is 12.7. The van der Waals surface area contributed by atoms with Crippen LogP contribution in [-0.4, -0.2) is 16.3 Å². The minimum atomic E-state index is -0.906. The third-order valence-electron chi connectivity index (χ3n) is 3.94. The Kier molecular flexibility index (Phi) is 4.10. The number of carbonyl (C=O) groups excluding carboxylic acids is 2. The highest BCUT2D eigenvalue weighted by Gasteiger charge is 2.54. The molecule has 0 heterocycles. The van der Waals surface area contributed by atoms with Gasteiger partial charge in [-0.05, 0) is 23.5 Å². The van der Waals surface area contributed by atoms with E-state index in [1.54, 1.807) is 0 Å². The van der Waals surface area contributed by atoms with Gasteiger partial charge in [-0.2, -0.15) is 0 Å². The lowest BCUT2D eigenvalue weighted by atomic mass is 9.68. The molecule has 20 heavy (non-hydrogen) atoms. The molecule has 0 spiro atoms. The summed E-state index contributed by atoms with van der Waals surface area (Å²) >= 11 is 1.44. The Balaban J connectivity index is 2.40. The van der Waals surface area contributed by atoms with E-state index in [2.05, 4.69) is 0 Å². The summed E-state index contributed by atoms with van der Waals surface area (Å²) in [5.41, 5.74) is -0.205. The van der Waals surface area contributed by atoms with Crippen molar-refractivity contribution in [2.24, 2.45) is 11.3 Å². The standard InChI is InChI=1S/C17H22O2S/c1-12(2)17(20-13-8-6-5-7-9-13)14(18)10-16(3,4)11-15(17)19/h5-9,12H,10-11H2,1-4H3. The molecule has 0 saturated heterocycles. The predicted octanol–water partition coefficient (Wildman–Crippen LogP) is 4.13. The molecule has 2 rings (SSSR count). The van der Waals surface area contributed by atoms with Crippen LogP contribution in [0.5, 0.6) is 0 Å². The molecular weight excluding hydrogens is 268 g/mol. The van der Waals surface area contributed by atoms with Crippen LogP contribution in [0.1, 0.15) is 40.5 Å². The zero-order valence-corrected chi connectivity index (χ0v) is 13.4. The Bertz CT molecular complexity index is 497. The molecular formula is C17H22O2S. The van der Waals surface area contributed by atoms with Crippen molar-refractivity contribution in [2.75, 3.05) is 0 Å². The van der Waals surface area contributed by atoms with Crippen LogP contribution < -0.4 is 0 Å². The normalized spacial score (nSPS) is 21.2. The first-order valence-electron chi connectivity index (χ1n) is 7.08. The van der Waals surface area contributed by atoms with Crippen molar-refractivity contribution in [2.45, 2.75) is 50.2 Å². The molecule has 3 heteroatoms. The fraction of sp³-hybridized carbons (Fsp3) is 0.529. The molecule has 0 bridgehead atoms. The van der Waals surface area contributed by atoms with Gasteiger partial charge in [0, 0.05) is 17.7 Å². The molecule has 1 aromatic rings. The third-order valence-corrected chi connectivity index (χ3v) is 5.70. The van der Waals surface area contributed by atoms with E-state index in [0.29, 0.717) is 12.8 Å². The van der Waals surface area contributed by atoms with Crippen molar-refractivity contribution in [3.05, 3.63) is 30.3 Å². The number of hydrogen-bond acceptors (Lipinski definition) is 3. The maximum Gasteiger partial charge on any atom is 0.157 e. The fourth-order valence-corrected chi connectivity index (χ4v) is 4.17. The lowest BCUT2D eigenvalue weighted by Crippen LogP contribution is -2.54. The second-order valence-electron chi connectivity index (χ2n) is 6.67. The lowest BCUT2D eigenvalue weighted by Gasteiger charge is -2.42. The van der Waals surface area contributed by atoms with Crippen LogP contribution in [0.15, 0.2) is 35.2 Å². The van der Waals surface area contributed by atoms with Crippen LogP contribution in [0.4, 0.5) is 0 Å². The maximum atomic E-state index is 12.7. The molecule has 108 valence electrons. The van der Waals surface area contributed by atoms with Gasteiger partial charge in [-0.25, -0.2) is 0 Å². The minimum absolute atomic E-state index is 0.00352. The summed E-state index contributed by atoms with van der Waals surface area (Å²) in [5, 5.41) is 0. The molecule has 1 saturated carbocycles. The minimum Gasteiger partial charge on any atom is -0.298 e. The summed E-state index contributed by atoms with van der Waals surface area (Å²) in [7, 11) is 0. The van der Waals surface area contributed by atoms with Crippen LogP contribution in [0.25, 0.3) is 0 Å². The fourth-order valence-electron chi connectivity index (χ4n) is 2.90. The van der Waals surface area contributed by atoms with Crippen molar-refractivity contribution in [3.63, 3.8) is 0 Å². The summed E-state index contributed by atoms with van der Waals surface area (Å²) < 4.78 is -0.906. The van der Waals surface area contributed by atoms with E-state index in [-0.39, 0.29) is 22.9 Å². The van der Waals surface area contributed by atoms with Crippen LogP contribution in [0.2, 0.25) is 0 Å². The Labute approximate surface area is 125 Å². The summed E-state index contributed by atoms with van der Waals surface area (Å²) in [4.78, 5) is 26.5. The molecule has 1 aliphatic carbocycles. The van der Waals surface area contributed by atoms with Gasteiger partial charge in [0.05, 0.1) is 0 Å². The zero-order chi connectivity index (χ0) is 15.0. The van der Waals surface area contributed by atoms with Crippen LogP contribution in [0, 0.1) is 11.3 Å². The first kappa shape index (κ1) is 15.3. The van der Waals surface area contributed by atoms with Crippen molar-refractivity contribution < 1.29 is 9.59 Å². The topological polar surface area (TPSA) is 34.1 Å². The number of benzene rings is 1. The first-order valence-corrected chi connectivity index (χ1v) is 7.90. The monoisotopic (exact) mass is 290 g/mol. The van der Waals surface area contributed by atoms with Gasteiger partial charge in [-0.1, -0.05) is 45.9 Å². The molecule has 1 aromatic carbocycles. The number of hydrogen-bond donors (Lipinski definition) is 0. The molecule has 0 amide bonds. The molecule has 2 nitrogen and oxygen atoms in total. The van der Waals surface area contributed by atoms with E-state index in [9.17, 15) is 9.59 Å². The highest BCUT2D eigenvalue weighted by Crippen LogP contribution is 2.48. The summed E-state index contributed by atoms with van der Waals surface area (Å²) in [6.45, 7) is 7.95. The predicted molar refractivity (Wildman–Crippen MR) is 82.9 cm³/mol. The quantitative estimate of drug-likeness (QED) is 0.785. The van der Waals surface area contributed by atoms with Crippen molar-refractivity contribution in [3.8, 4) is 0 Å². The molecule has 0 unspecified atom stereocenters. The molecule has 0 N–H and O–H groups in total. The Morgan fingerprint density at radius 3 is 1.95 bits per heavy atom. The van der Waals surface area contributed by atoms with Gasteiger partial charge in [0.2, 0.25) is 0 Å². The zero-order valence-electron chi connectivity index (χ0n) is 12.6. The number of rotatable bonds is 3. The smallest absolute Gasteiger partial charge is 0.157 e. The van der Waals surface area contributed by atoms with Crippen LogP contribution in [0.3, 0.4) is 0 Å². The number of Topliss-reactive ketones (excluding diaryl/α,β-unsaturated/α-hetero) is 2. The summed E-state index contributed by atoms with van der Waals surface area (Å²) in [6.07, 6.45) is 0.966. The van der Waals surface area contributed by atoms with Gasteiger partial charge in [0.1, 0.15) is 4.75 Å². The first-order chi connectivity index (χ1) is 9.28. The Morgan fingerprint density at radius 1 is 1.00 bits per heavy atom. The molecule has 1 fully saturated rings. The van der Waals surface area contributed by atoms with Gasteiger partial charge in [0.25, 0.3) is 0 Å². The van der Waals surface area contributed by atoms with E-state index in [0.717, 1.165) is 4.90 Å². The summed E-state index contributed by atoms with van der Waals surface area (Å²) in [6, 6.07) is 9.76. The molecule has 0 radical (unpaired) electrons.